The molecular formula is C23H23F3N4O3. The lowest BCUT2D eigenvalue weighted by molar-refractivity contribution is -0.0499. The van der Waals surface area contributed by atoms with Gasteiger partial charge in [-0.05, 0) is 49.6 Å². The van der Waals surface area contributed by atoms with Gasteiger partial charge in [0.05, 0.1) is 29.4 Å². The van der Waals surface area contributed by atoms with Gasteiger partial charge in [-0.1, -0.05) is 0 Å². The molecule has 174 valence electrons. The van der Waals surface area contributed by atoms with E-state index in [1.54, 1.807) is 15.6 Å². The number of carbonyl (C=O) groups excluding carboxylic acids is 1. The Labute approximate surface area is 188 Å². The molecule has 2 atom stereocenters. The molecule has 5 rings (SSSR count). The fourth-order valence-corrected chi connectivity index (χ4v) is 4.76. The van der Waals surface area contributed by atoms with Gasteiger partial charge in [0.25, 0.3) is 5.91 Å². The first-order valence-corrected chi connectivity index (χ1v) is 10.9. The molecule has 1 aromatic carbocycles. The Morgan fingerprint density at radius 3 is 2.79 bits per heavy atom. The number of pyridine rings is 1. The van der Waals surface area contributed by atoms with Crippen molar-refractivity contribution in [3.8, 4) is 5.75 Å². The van der Waals surface area contributed by atoms with Crippen molar-refractivity contribution < 1.29 is 27.8 Å². The Morgan fingerprint density at radius 1 is 1.18 bits per heavy atom. The lowest BCUT2D eigenvalue weighted by atomic mass is 10.0. The molecule has 1 N–H and O–H groups in total. The number of benzene rings is 1. The first-order chi connectivity index (χ1) is 15.9. The highest BCUT2D eigenvalue weighted by molar-refractivity contribution is 6.01. The van der Waals surface area contributed by atoms with Gasteiger partial charge < -0.3 is 19.6 Å². The zero-order valence-corrected chi connectivity index (χ0v) is 17.7. The first-order valence-electron chi connectivity index (χ1n) is 10.9. The number of anilines is 1. The fourth-order valence-electron chi connectivity index (χ4n) is 4.76. The molecule has 2 saturated heterocycles. The summed E-state index contributed by atoms with van der Waals surface area (Å²) in [5.74, 6) is -0.762. The van der Waals surface area contributed by atoms with Crippen LogP contribution in [-0.4, -0.2) is 57.9 Å². The number of β-amino-alcohol motifs (C(OH)–C–C–N with tert-alkyl or cyclic N) is 1. The summed E-state index contributed by atoms with van der Waals surface area (Å²) in [5.41, 5.74) is 2.11. The lowest BCUT2D eigenvalue weighted by Gasteiger charge is -2.28. The van der Waals surface area contributed by atoms with E-state index in [1.165, 1.54) is 18.3 Å². The highest BCUT2D eigenvalue weighted by Gasteiger charge is 2.31. The maximum Gasteiger partial charge on any atom is 0.387 e. The van der Waals surface area contributed by atoms with E-state index in [9.17, 15) is 23.1 Å². The van der Waals surface area contributed by atoms with E-state index in [0.29, 0.717) is 49.1 Å². The second-order valence-corrected chi connectivity index (χ2v) is 8.38. The van der Waals surface area contributed by atoms with E-state index in [4.69, 9.17) is 0 Å². The van der Waals surface area contributed by atoms with Crippen LogP contribution in [0.5, 0.6) is 5.75 Å². The van der Waals surface area contributed by atoms with Crippen LogP contribution in [-0.2, 0) is 0 Å². The van der Waals surface area contributed by atoms with Crippen LogP contribution in [0.2, 0.25) is 0 Å². The largest absolute Gasteiger partial charge is 0.435 e. The van der Waals surface area contributed by atoms with Crippen LogP contribution < -0.4 is 9.64 Å². The highest BCUT2D eigenvalue weighted by Crippen LogP contribution is 2.39. The highest BCUT2D eigenvalue weighted by atomic mass is 19.3. The van der Waals surface area contributed by atoms with Crippen molar-refractivity contribution in [3.05, 3.63) is 59.7 Å². The van der Waals surface area contributed by atoms with Crippen molar-refractivity contribution in [2.45, 2.75) is 38.0 Å². The van der Waals surface area contributed by atoms with Gasteiger partial charge in [0, 0.05) is 37.1 Å². The molecule has 4 heterocycles. The molecule has 0 spiro atoms. The number of aromatic nitrogens is 2. The quantitative estimate of drug-likeness (QED) is 0.630. The van der Waals surface area contributed by atoms with E-state index in [0.717, 1.165) is 18.2 Å². The third-order valence-electron chi connectivity index (χ3n) is 6.32. The molecule has 2 aromatic heterocycles. The topological polar surface area (TPSA) is 70.3 Å². The standard InChI is InChI=1S/C23H23F3N4O3/c24-19-4-3-16(33-23(25)26)11-17(19)20-2-1-7-29(20)14-5-9-30-21(10-14)18(12-27-30)22(32)28-8-6-15(31)13-28/h3-5,9-12,15,20,23,31H,1-2,6-8,13H2. The molecular weight excluding hydrogens is 437 g/mol. The molecule has 2 aliphatic rings. The summed E-state index contributed by atoms with van der Waals surface area (Å²) >= 11 is 0. The maximum absolute atomic E-state index is 14.7. The minimum absolute atomic E-state index is 0.0832. The van der Waals surface area contributed by atoms with E-state index >= 15 is 0 Å². The first kappa shape index (κ1) is 21.6. The zero-order chi connectivity index (χ0) is 23.1. The molecule has 2 fully saturated rings. The zero-order valence-electron chi connectivity index (χ0n) is 17.7. The Kier molecular flexibility index (Phi) is 5.61. The average Bonchev–Trinajstić information content (AvgIpc) is 3.53. The minimum atomic E-state index is -2.99. The van der Waals surface area contributed by atoms with Gasteiger partial charge in [-0.25, -0.2) is 8.91 Å². The van der Waals surface area contributed by atoms with Gasteiger partial charge >= 0.3 is 6.61 Å². The summed E-state index contributed by atoms with van der Waals surface area (Å²) in [6.07, 6.45) is 4.73. The number of halogens is 3. The molecule has 0 saturated carbocycles. The monoisotopic (exact) mass is 460 g/mol. The van der Waals surface area contributed by atoms with Crippen molar-refractivity contribution in [3.63, 3.8) is 0 Å². The van der Waals surface area contributed by atoms with Crippen LogP contribution in [0.15, 0.2) is 42.7 Å². The molecule has 7 nitrogen and oxygen atoms in total. The van der Waals surface area contributed by atoms with E-state index in [2.05, 4.69) is 9.84 Å². The van der Waals surface area contributed by atoms with Crippen molar-refractivity contribution in [2.75, 3.05) is 24.5 Å². The molecule has 3 aromatic rings. The van der Waals surface area contributed by atoms with Crippen LogP contribution in [0.1, 0.15) is 41.2 Å². The number of fused-ring (bicyclic) bond motifs is 1. The second-order valence-electron chi connectivity index (χ2n) is 8.38. The van der Waals surface area contributed by atoms with Crippen LogP contribution in [0.4, 0.5) is 18.9 Å². The molecule has 2 aliphatic heterocycles. The number of rotatable bonds is 5. The molecule has 33 heavy (non-hydrogen) atoms. The van der Waals surface area contributed by atoms with Gasteiger partial charge in [-0.2, -0.15) is 13.9 Å². The maximum atomic E-state index is 14.7. The number of likely N-dealkylation sites (tertiary alicyclic amines) is 1. The number of ether oxygens (including phenoxy) is 1. The Bertz CT molecular complexity index is 1180. The predicted octanol–water partition coefficient (Wildman–Crippen LogP) is 3.62. The summed E-state index contributed by atoms with van der Waals surface area (Å²) in [4.78, 5) is 16.6. The summed E-state index contributed by atoms with van der Waals surface area (Å²) < 4.78 is 46.0. The number of hydrogen-bond donors (Lipinski definition) is 1. The van der Waals surface area contributed by atoms with Crippen LogP contribution >= 0.6 is 0 Å². The third kappa shape index (κ3) is 4.10. The summed E-state index contributed by atoms with van der Waals surface area (Å²) in [5, 5.41) is 14.0. The molecule has 10 heteroatoms. The Balaban J connectivity index is 1.47. The summed E-state index contributed by atoms with van der Waals surface area (Å²) in [7, 11) is 0. The van der Waals surface area contributed by atoms with Crippen molar-refractivity contribution in [2.24, 2.45) is 0 Å². The third-order valence-corrected chi connectivity index (χ3v) is 6.32. The number of amides is 1. The van der Waals surface area contributed by atoms with E-state index < -0.39 is 18.5 Å². The molecule has 1 amide bonds. The Hall–Kier alpha value is -3.27. The number of alkyl halides is 2. The minimum Gasteiger partial charge on any atom is -0.435 e. The van der Waals surface area contributed by atoms with Crippen molar-refractivity contribution >= 4 is 17.1 Å². The summed E-state index contributed by atoms with van der Waals surface area (Å²) in [6.45, 7) is -1.56. The van der Waals surface area contributed by atoms with Crippen LogP contribution in [0, 0.1) is 5.82 Å². The number of hydrogen-bond acceptors (Lipinski definition) is 5. The Morgan fingerprint density at radius 2 is 2.03 bits per heavy atom. The second kappa shape index (κ2) is 8.58. The normalized spacial score (nSPS) is 20.9. The van der Waals surface area contributed by atoms with Crippen molar-refractivity contribution in [1.82, 2.24) is 14.5 Å². The smallest absolute Gasteiger partial charge is 0.387 e. The average molecular weight is 460 g/mol. The van der Waals surface area contributed by atoms with E-state index in [-0.39, 0.29) is 17.7 Å². The number of carbonyl (C=O) groups is 1. The van der Waals surface area contributed by atoms with Gasteiger partial charge in [-0.3, -0.25) is 4.79 Å². The number of aliphatic hydroxyl groups is 1. The van der Waals surface area contributed by atoms with Gasteiger partial charge in [0.15, 0.2) is 0 Å². The van der Waals surface area contributed by atoms with Gasteiger partial charge in [0.2, 0.25) is 0 Å². The van der Waals surface area contributed by atoms with E-state index in [1.807, 2.05) is 17.0 Å². The fraction of sp³-hybridized carbons (Fsp3) is 0.391. The number of aliphatic hydroxyl groups excluding tert-OH is 1. The van der Waals surface area contributed by atoms with Gasteiger partial charge in [-0.15, -0.1) is 0 Å². The van der Waals surface area contributed by atoms with Crippen LogP contribution in [0.3, 0.4) is 0 Å². The van der Waals surface area contributed by atoms with Crippen LogP contribution in [0.25, 0.3) is 5.52 Å². The lowest BCUT2D eigenvalue weighted by Crippen LogP contribution is -2.29. The molecule has 0 radical (unpaired) electrons. The van der Waals surface area contributed by atoms with Gasteiger partial charge in [0.1, 0.15) is 11.6 Å². The SMILES string of the molecule is O=C(c1cnn2ccc(N3CCCC3c3cc(OC(F)F)ccc3F)cc12)N1CCC(O)C1. The number of nitrogens with zero attached hydrogens (tertiary/aromatic N) is 4. The molecule has 0 bridgehead atoms. The molecule has 2 unspecified atom stereocenters. The predicted molar refractivity (Wildman–Crippen MR) is 114 cm³/mol. The van der Waals surface area contributed by atoms with Crippen molar-refractivity contribution in [1.29, 1.82) is 0 Å². The summed E-state index contributed by atoms with van der Waals surface area (Å²) in [6, 6.07) is 6.98. The molecule has 0 aliphatic carbocycles.